The number of carbonyl (C=O) groups excluding carboxylic acids is 1. The van der Waals surface area contributed by atoms with Crippen LogP contribution in [0.1, 0.15) is 47.0 Å². The number of rotatable bonds is 5. The van der Waals surface area contributed by atoms with Crippen molar-refractivity contribution < 1.29 is 19.4 Å². The van der Waals surface area contributed by atoms with Crippen molar-refractivity contribution in [3.8, 4) is 0 Å². The molecule has 6 heteroatoms. The van der Waals surface area contributed by atoms with Crippen molar-refractivity contribution in [1.29, 1.82) is 0 Å². The number of ether oxygens (including phenoxy) is 1. The minimum atomic E-state index is -0.797. The van der Waals surface area contributed by atoms with Crippen LogP contribution in [0.15, 0.2) is 0 Å². The van der Waals surface area contributed by atoms with Gasteiger partial charge in [-0.15, -0.1) is 0 Å². The van der Waals surface area contributed by atoms with Crippen LogP contribution < -0.4 is 5.32 Å². The van der Waals surface area contributed by atoms with E-state index in [0.717, 1.165) is 19.4 Å². The van der Waals surface area contributed by atoms with Crippen molar-refractivity contribution in [2.24, 2.45) is 5.92 Å². The second-order valence-corrected chi connectivity index (χ2v) is 6.72. The van der Waals surface area contributed by atoms with E-state index in [1.807, 2.05) is 27.7 Å². The molecule has 0 aromatic rings. The molecule has 0 saturated carbocycles. The van der Waals surface area contributed by atoms with E-state index < -0.39 is 11.6 Å². The van der Waals surface area contributed by atoms with Crippen molar-refractivity contribution in [3.05, 3.63) is 0 Å². The molecule has 1 aliphatic rings. The predicted octanol–water partition coefficient (Wildman–Crippen LogP) is 2.09. The highest BCUT2D eigenvalue weighted by Gasteiger charge is 2.29. The van der Waals surface area contributed by atoms with E-state index in [2.05, 4.69) is 5.32 Å². The van der Waals surface area contributed by atoms with Gasteiger partial charge in [-0.3, -0.25) is 4.79 Å². The third kappa shape index (κ3) is 6.80. The molecule has 2 atom stereocenters. The fourth-order valence-electron chi connectivity index (χ4n) is 2.48. The van der Waals surface area contributed by atoms with Crippen molar-refractivity contribution >= 4 is 12.1 Å². The van der Waals surface area contributed by atoms with E-state index >= 15 is 0 Å². The first-order valence-corrected chi connectivity index (χ1v) is 7.62. The van der Waals surface area contributed by atoms with Gasteiger partial charge in [-0.2, -0.15) is 0 Å². The molecule has 1 aliphatic heterocycles. The number of nitrogens with one attached hydrogen (secondary N) is 1. The van der Waals surface area contributed by atoms with Gasteiger partial charge in [0.25, 0.3) is 0 Å². The first-order valence-electron chi connectivity index (χ1n) is 7.62. The lowest BCUT2D eigenvalue weighted by Crippen LogP contribution is -2.48. The summed E-state index contributed by atoms with van der Waals surface area (Å²) in [5.41, 5.74) is -0.477. The number of likely N-dealkylation sites (tertiary alicyclic amines) is 1. The van der Waals surface area contributed by atoms with E-state index in [-0.39, 0.29) is 18.6 Å². The van der Waals surface area contributed by atoms with Crippen LogP contribution in [-0.4, -0.2) is 53.3 Å². The second kappa shape index (κ2) is 7.64. The number of piperidine rings is 1. The van der Waals surface area contributed by atoms with E-state index in [0.29, 0.717) is 19.0 Å². The summed E-state index contributed by atoms with van der Waals surface area (Å²) >= 11 is 0. The first kappa shape index (κ1) is 17.8. The Hall–Kier alpha value is -1.30. The zero-order valence-electron chi connectivity index (χ0n) is 13.5. The molecule has 6 nitrogen and oxygen atoms in total. The van der Waals surface area contributed by atoms with Gasteiger partial charge < -0.3 is 20.1 Å². The summed E-state index contributed by atoms with van der Waals surface area (Å²) in [4.78, 5) is 24.4. The SMILES string of the molecule is CC(NCCC(=O)O)C1CCCN(C(=O)OC(C)(C)C)C1. The molecule has 2 N–H and O–H groups in total. The summed E-state index contributed by atoms with van der Waals surface area (Å²) in [7, 11) is 0. The Labute approximate surface area is 126 Å². The predicted molar refractivity (Wildman–Crippen MR) is 80.2 cm³/mol. The number of hydrogen-bond acceptors (Lipinski definition) is 4. The highest BCUT2D eigenvalue weighted by molar-refractivity contribution is 5.68. The minimum Gasteiger partial charge on any atom is -0.481 e. The lowest BCUT2D eigenvalue weighted by molar-refractivity contribution is -0.136. The number of nitrogens with zero attached hydrogens (tertiary/aromatic N) is 1. The van der Waals surface area contributed by atoms with Crippen molar-refractivity contribution in [2.75, 3.05) is 19.6 Å². The maximum absolute atomic E-state index is 12.1. The van der Waals surface area contributed by atoms with Crippen LogP contribution in [-0.2, 0) is 9.53 Å². The van der Waals surface area contributed by atoms with Gasteiger partial charge in [0.05, 0.1) is 6.42 Å². The fourth-order valence-corrected chi connectivity index (χ4v) is 2.48. The average Bonchev–Trinajstić information content (AvgIpc) is 2.36. The van der Waals surface area contributed by atoms with Crippen LogP contribution in [0, 0.1) is 5.92 Å². The molecule has 0 aromatic heterocycles. The Balaban J connectivity index is 2.44. The minimum absolute atomic E-state index is 0.118. The van der Waals surface area contributed by atoms with E-state index in [9.17, 15) is 9.59 Å². The molecule has 1 amide bonds. The molecule has 0 aromatic carbocycles. The Kier molecular flexibility index (Phi) is 6.45. The molecular weight excluding hydrogens is 272 g/mol. The summed E-state index contributed by atoms with van der Waals surface area (Å²) in [5, 5.41) is 11.9. The molecule has 0 aliphatic carbocycles. The van der Waals surface area contributed by atoms with Gasteiger partial charge in [0.15, 0.2) is 0 Å². The van der Waals surface area contributed by atoms with Gasteiger partial charge in [0.1, 0.15) is 5.60 Å². The van der Waals surface area contributed by atoms with Crippen molar-refractivity contribution in [3.63, 3.8) is 0 Å². The van der Waals surface area contributed by atoms with Crippen molar-refractivity contribution in [2.45, 2.75) is 58.6 Å². The van der Waals surface area contributed by atoms with Crippen LogP contribution in [0.25, 0.3) is 0 Å². The maximum atomic E-state index is 12.1. The topological polar surface area (TPSA) is 78.9 Å². The molecule has 122 valence electrons. The van der Waals surface area contributed by atoms with Gasteiger partial charge in [-0.25, -0.2) is 4.79 Å². The van der Waals surface area contributed by atoms with Crippen molar-refractivity contribution in [1.82, 2.24) is 10.2 Å². The zero-order chi connectivity index (χ0) is 16.0. The molecule has 2 unspecified atom stereocenters. The molecule has 1 saturated heterocycles. The van der Waals surface area contributed by atoms with Crippen LogP contribution >= 0.6 is 0 Å². The Morgan fingerprint density at radius 1 is 1.43 bits per heavy atom. The fraction of sp³-hybridized carbons (Fsp3) is 0.867. The summed E-state index contributed by atoms with van der Waals surface area (Å²) < 4.78 is 5.41. The largest absolute Gasteiger partial charge is 0.481 e. The molecule has 0 bridgehead atoms. The van der Waals surface area contributed by atoms with E-state index in [1.165, 1.54) is 0 Å². The molecule has 21 heavy (non-hydrogen) atoms. The number of carboxylic acids is 1. The van der Waals surface area contributed by atoms with E-state index in [4.69, 9.17) is 9.84 Å². The quantitative estimate of drug-likeness (QED) is 0.813. The standard InChI is InChI=1S/C15H28N2O4/c1-11(16-8-7-13(18)19)12-6-5-9-17(10-12)14(20)21-15(2,3)4/h11-12,16H,5-10H2,1-4H3,(H,18,19). The Morgan fingerprint density at radius 2 is 2.10 bits per heavy atom. The van der Waals surface area contributed by atoms with Crippen LogP contribution in [0.3, 0.4) is 0 Å². The van der Waals surface area contributed by atoms with E-state index in [1.54, 1.807) is 4.90 Å². The van der Waals surface area contributed by atoms with Gasteiger partial charge in [-0.1, -0.05) is 0 Å². The monoisotopic (exact) mass is 300 g/mol. The molecule has 1 heterocycles. The normalized spacial score (nSPS) is 21.0. The Bertz CT molecular complexity index is 365. The Morgan fingerprint density at radius 3 is 2.67 bits per heavy atom. The highest BCUT2D eigenvalue weighted by Crippen LogP contribution is 2.21. The number of hydrogen-bond donors (Lipinski definition) is 2. The number of carboxylic acid groups (broad SMARTS) is 1. The van der Waals surface area contributed by atoms with Crippen LogP contribution in [0.4, 0.5) is 4.79 Å². The molecule has 0 spiro atoms. The summed E-state index contributed by atoms with van der Waals surface area (Å²) in [6, 6.07) is 0.189. The molecule has 1 rings (SSSR count). The first-order chi connectivity index (χ1) is 9.69. The molecule has 0 radical (unpaired) electrons. The lowest BCUT2D eigenvalue weighted by atomic mass is 9.91. The second-order valence-electron chi connectivity index (χ2n) is 6.72. The average molecular weight is 300 g/mol. The van der Waals surface area contributed by atoms with Gasteiger partial charge in [0.2, 0.25) is 0 Å². The third-order valence-electron chi connectivity index (χ3n) is 3.62. The molecule has 1 fully saturated rings. The maximum Gasteiger partial charge on any atom is 0.410 e. The summed E-state index contributed by atoms with van der Waals surface area (Å²) in [6.07, 6.45) is 1.85. The number of aliphatic carboxylic acids is 1. The molecular formula is C15H28N2O4. The van der Waals surface area contributed by atoms with Gasteiger partial charge in [-0.05, 0) is 46.5 Å². The van der Waals surface area contributed by atoms with Gasteiger partial charge >= 0.3 is 12.1 Å². The lowest BCUT2D eigenvalue weighted by Gasteiger charge is -2.36. The number of amides is 1. The highest BCUT2D eigenvalue weighted by atomic mass is 16.6. The third-order valence-corrected chi connectivity index (χ3v) is 3.62. The summed E-state index contributed by atoms with van der Waals surface area (Å²) in [6.45, 7) is 9.49. The number of carbonyl (C=O) groups is 2. The summed E-state index contributed by atoms with van der Waals surface area (Å²) in [5.74, 6) is -0.464. The van der Waals surface area contributed by atoms with Gasteiger partial charge in [0, 0.05) is 25.7 Å². The zero-order valence-corrected chi connectivity index (χ0v) is 13.5. The van der Waals surface area contributed by atoms with Crippen LogP contribution in [0.5, 0.6) is 0 Å². The smallest absolute Gasteiger partial charge is 0.410 e. The van der Waals surface area contributed by atoms with Crippen LogP contribution in [0.2, 0.25) is 0 Å².